The van der Waals surface area contributed by atoms with Gasteiger partial charge in [-0.1, -0.05) is 11.6 Å². The molecule has 0 aliphatic carbocycles. The van der Waals surface area contributed by atoms with Crippen LogP contribution in [0.5, 0.6) is 11.5 Å². The number of H-pyrrole nitrogens is 1. The van der Waals surface area contributed by atoms with Crippen LogP contribution in [0.25, 0.3) is 0 Å². The van der Waals surface area contributed by atoms with Crippen molar-refractivity contribution in [2.75, 3.05) is 0 Å². The van der Waals surface area contributed by atoms with Crippen LogP contribution in [0.3, 0.4) is 0 Å². The average molecular weight is 293 g/mol. The van der Waals surface area contributed by atoms with Gasteiger partial charge >= 0.3 is 0 Å². The number of hydrogen-bond donors (Lipinski definition) is 2. The smallest absolute Gasteiger partial charge is 0.271 e. The first-order valence-electron chi connectivity index (χ1n) is 5.43. The predicted octanol–water partition coefficient (Wildman–Crippen LogP) is 2.88. The zero-order valence-electron chi connectivity index (χ0n) is 10.0. The predicted molar refractivity (Wildman–Crippen MR) is 73.3 cm³/mol. The number of benzene rings is 1. The number of nitro benzene ring substituents is 1. The summed E-state index contributed by atoms with van der Waals surface area (Å²) in [4.78, 5) is 16.6. The maximum atomic E-state index is 10.6. The van der Waals surface area contributed by atoms with Crippen molar-refractivity contribution >= 4 is 23.6 Å². The van der Waals surface area contributed by atoms with Crippen molar-refractivity contribution < 1.29 is 9.66 Å². The lowest BCUT2D eigenvalue weighted by Gasteiger charge is -2.06. The van der Waals surface area contributed by atoms with Crippen LogP contribution in [-0.4, -0.2) is 16.2 Å². The van der Waals surface area contributed by atoms with E-state index >= 15 is 0 Å². The van der Waals surface area contributed by atoms with E-state index in [2.05, 4.69) is 9.98 Å². The summed E-state index contributed by atoms with van der Waals surface area (Å²) in [5, 5.41) is 17.6. The van der Waals surface area contributed by atoms with Gasteiger partial charge in [-0.05, 0) is 12.1 Å². The first-order valence-corrected chi connectivity index (χ1v) is 5.81. The molecule has 20 heavy (non-hydrogen) atoms. The molecule has 1 aromatic heterocycles. The molecule has 1 heterocycles. The number of pyridine rings is 1. The molecule has 0 amide bonds. The van der Waals surface area contributed by atoms with Crippen LogP contribution < -0.4 is 10.2 Å². The number of ether oxygens (including phenoxy) is 1. The summed E-state index contributed by atoms with van der Waals surface area (Å²) in [6.07, 6.45) is 2.49. The summed E-state index contributed by atoms with van der Waals surface area (Å²) in [5.74, 6) is 0.740. The molecular formula is C12H9ClN4O3. The number of non-ortho nitro benzene ring substituents is 1. The van der Waals surface area contributed by atoms with Gasteiger partial charge in [-0.2, -0.15) is 0 Å². The molecule has 0 saturated carbocycles. The Morgan fingerprint density at radius 2 is 2.20 bits per heavy atom. The fourth-order valence-electron chi connectivity index (χ4n) is 1.45. The van der Waals surface area contributed by atoms with Crippen molar-refractivity contribution in [1.82, 2.24) is 4.98 Å². The van der Waals surface area contributed by atoms with Gasteiger partial charge in [-0.3, -0.25) is 15.5 Å². The van der Waals surface area contributed by atoms with Crippen molar-refractivity contribution in [3.63, 3.8) is 0 Å². The van der Waals surface area contributed by atoms with E-state index < -0.39 is 4.92 Å². The van der Waals surface area contributed by atoms with Gasteiger partial charge in [-0.25, -0.2) is 4.99 Å². The lowest BCUT2D eigenvalue weighted by molar-refractivity contribution is -0.384. The van der Waals surface area contributed by atoms with E-state index in [4.69, 9.17) is 21.7 Å². The lowest BCUT2D eigenvalue weighted by atomic mass is 10.3. The Morgan fingerprint density at radius 1 is 1.40 bits per heavy atom. The van der Waals surface area contributed by atoms with Gasteiger partial charge in [0, 0.05) is 24.4 Å². The molecular weight excluding hydrogens is 284 g/mol. The lowest BCUT2D eigenvalue weighted by Crippen LogP contribution is -2.06. The third-order valence-corrected chi connectivity index (χ3v) is 2.61. The van der Waals surface area contributed by atoms with Crippen molar-refractivity contribution in [3.8, 4) is 11.5 Å². The van der Waals surface area contributed by atoms with Gasteiger partial charge in [0.25, 0.3) is 5.69 Å². The standard InChI is InChI=1S/C12H9ClN4O3/c13-10-5-8(17(18)19)1-2-11(10)20-9-3-4-15-12(6-9)16-7-14/h1-7H,(H2,14,15,16). The number of hydrogen-bond acceptors (Lipinski definition) is 4. The highest BCUT2D eigenvalue weighted by Gasteiger charge is 2.10. The Bertz CT molecular complexity index is 727. The Labute approximate surface area is 118 Å². The molecule has 1 aromatic carbocycles. The Hall–Kier alpha value is -2.67. The number of aromatic nitrogens is 1. The van der Waals surface area contributed by atoms with Gasteiger partial charge in [0.2, 0.25) is 0 Å². The topological polar surface area (TPSA) is 104 Å². The van der Waals surface area contributed by atoms with Crippen molar-refractivity contribution in [2.24, 2.45) is 4.99 Å². The maximum absolute atomic E-state index is 10.6. The van der Waals surface area contributed by atoms with Crippen LogP contribution in [0.15, 0.2) is 41.5 Å². The minimum atomic E-state index is -0.534. The van der Waals surface area contributed by atoms with Crippen LogP contribution >= 0.6 is 11.6 Å². The fourth-order valence-corrected chi connectivity index (χ4v) is 1.67. The summed E-state index contributed by atoms with van der Waals surface area (Å²) in [6, 6.07) is 7.15. The Balaban J connectivity index is 2.30. The molecule has 7 nitrogen and oxygen atoms in total. The summed E-state index contributed by atoms with van der Waals surface area (Å²) < 4.78 is 5.52. The summed E-state index contributed by atoms with van der Waals surface area (Å²) in [5.41, 5.74) is 0.332. The van der Waals surface area contributed by atoms with Gasteiger partial charge < -0.3 is 9.72 Å². The van der Waals surface area contributed by atoms with E-state index in [1.54, 1.807) is 18.3 Å². The molecule has 2 rings (SSSR count). The second-order valence-electron chi connectivity index (χ2n) is 3.64. The minimum Gasteiger partial charge on any atom is -0.456 e. The molecule has 0 aliphatic heterocycles. The Morgan fingerprint density at radius 3 is 2.85 bits per heavy atom. The molecule has 0 aliphatic rings. The van der Waals surface area contributed by atoms with E-state index in [9.17, 15) is 10.1 Å². The molecule has 0 spiro atoms. The third kappa shape index (κ3) is 3.21. The molecule has 0 bridgehead atoms. The number of aromatic amines is 1. The van der Waals surface area contributed by atoms with E-state index in [0.29, 0.717) is 17.0 Å². The molecule has 102 valence electrons. The van der Waals surface area contributed by atoms with E-state index in [0.717, 1.165) is 6.34 Å². The molecule has 2 aromatic rings. The molecule has 0 fully saturated rings. The highest BCUT2D eigenvalue weighted by Crippen LogP contribution is 2.31. The van der Waals surface area contributed by atoms with Gasteiger partial charge in [0.1, 0.15) is 23.3 Å². The summed E-state index contributed by atoms with van der Waals surface area (Å²) in [7, 11) is 0. The molecule has 2 N–H and O–H groups in total. The molecule has 0 saturated heterocycles. The van der Waals surface area contributed by atoms with Crippen LogP contribution in [0.1, 0.15) is 0 Å². The SMILES string of the molecule is N=C/N=c1/cc(Oc2ccc([N+](=O)[O-])cc2Cl)cc[nH]1. The highest BCUT2D eigenvalue weighted by atomic mass is 35.5. The van der Waals surface area contributed by atoms with E-state index in [1.165, 1.54) is 18.2 Å². The van der Waals surface area contributed by atoms with E-state index in [1.807, 2.05) is 0 Å². The van der Waals surface area contributed by atoms with Crippen LogP contribution in [-0.2, 0) is 0 Å². The third-order valence-electron chi connectivity index (χ3n) is 2.32. The quantitative estimate of drug-likeness (QED) is 0.392. The monoisotopic (exact) mass is 292 g/mol. The molecule has 0 unspecified atom stereocenters. The second-order valence-corrected chi connectivity index (χ2v) is 4.05. The van der Waals surface area contributed by atoms with Crippen LogP contribution in [0.2, 0.25) is 5.02 Å². The van der Waals surface area contributed by atoms with E-state index in [-0.39, 0.29) is 10.7 Å². The van der Waals surface area contributed by atoms with Gasteiger partial charge in [-0.15, -0.1) is 0 Å². The zero-order valence-corrected chi connectivity index (χ0v) is 10.8. The van der Waals surface area contributed by atoms with Gasteiger partial charge in [0.15, 0.2) is 0 Å². The number of nitrogens with one attached hydrogen (secondary N) is 2. The average Bonchev–Trinajstić information content (AvgIpc) is 2.42. The first-order chi connectivity index (χ1) is 9.60. The highest BCUT2D eigenvalue weighted by molar-refractivity contribution is 6.32. The number of nitro groups is 1. The fraction of sp³-hybridized carbons (Fsp3) is 0. The number of nitrogens with zero attached hydrogens (tertiary/aromatic N) is 2. The van der Waals surface area contributed by atoms with Crippen molar-refractivity contribution in [2.45, 2.75) is 0 Å². The largest absolute Gasteiger partial charge is 0.456 e. The van der Waals surface area contributed by atoms with Crippen molar-refractivity contribution in [3.05, 3.63) is 57.2 Å². The second kappa shape index (κ2) is 5.98. The molecule has 0 atom stereocenters. The minimum absolute atomic E-state index is 0.108. The summed E-state index contributed by atoms with van der Waals surface area (Å²) in [6.45, 7) is 0. The van der Waals surface area contributed by atoms with Crippen LogP contribution in [0, 0.1) is 15.5 Å². The van der Waals surface area contributed by atoms with Gasteiger partial charge in [0.05, 0.1) is 9.95 Å². The molecule has 8 heteroatoms. The Kier molecular flexibility index (Phi) is 4.11. The zero-order chi connectivity index (χ0) is 14.5. The summed E-state index contributed by atoms with van der Waals surface area (Å²) >= 11 is 5.93. The normalized spacial score (nSPS) is 11.2. The molecule has 0 radical (unpaired) electrons. The number of rotatable bonds is 4. The number of halogens is 1. The van der Waals surface area contributed by atoms with Crippen LogP contribution in [0.4, 0.5) is 5.69 Å². The first kappa shape index (κ1) is 13.8. The maximum Gasteiger partial charge on any atom is 0.271 e. The van der Waals surface area contributed by atoms with Crippen molar-refractivity contribution in [1.29, 1.82) is 5.41 Å².